The lowest BCUT2D eigenvalue weighted by Gasteiger charge is -2.31. The normalized spacial score (nSPS) is 17.8. The van der Waals surface area contributed by atoms with Crippen molar-refractivity contribution in [2.45, 2.75) is 30.9 Å². The molecule has 34 heavy (non-hydrogen) atoms. The van der Waals surface area contributed by atoms with Crippen molar-refractivity contribution in [2.24, 2.45) is 14.1 Å². The minimum atomic E-state index is -0.408. The van der Waals surface area contributed by atoms with Gasteiger partial charge in [0.05, 0.1) is 22.3 Å². The van der Waals surface area contributed by atoms with Crippen molar-refractivity contribution in [1.82, 2.24) is 24.0 Å². The molecular weight excluding hydrogens is 498 g/mol. The lowest BCUT2D eigenvalue weighted by atomic mass is 10.2. The third-order valence-corrected chi connectivity index (χ3v) is 8.52. The van der Waals surface area contributed by atoms with Gasteiger partial charge in [-0.2, -0.15) is 0 Å². The Morgan fingerprint density at radius 2 is 2.06 bits per heavy atom. The number of amides is 1. The third kappa shape index (κ3) is 3.62. The number of carbonyl (C=O) groups excluding carboxylic acids is 1. The second kappa shape index (κ2) is 8.47. The van der Waals surface area contributed by atoms with Crippen LogP contribution < -0.4 is 16.6 Å². The predicted molar refractivity (Wildman–Crippen MR) is 134 cm³/mol. The second-order valence-corrected chi connectivity index (χ2v) is 10.9. The van der Waals surface area contributed by atoms with E-state index in [0.717, 1.165) is 16.0 Å². The van der Waals surface area contributed by atoms with E-state index in [1.54, 1.807) is 30.9 Å². The van der Waals surface area contributed by atoms with Crippen LogP contribution in [0, 0.1) is 6.92 Å². The molecule has 1 aliphatic heterocycles. The number of rotatable bonds is 4. The number of nitrogens with one attached hydrogen (secondary N) is 1. The molecule has 12 heteroatoms. The molecule has 0 aromatic carbocycles. The highest BCUT2D eigenvalue weighted by atomic mass is 35.5. The van der Waals surface area contributed by atoms with Gasteiger partial charge >= 0.3 is 5.69 Å². The summed E-state index contributed by atoms with van der Waals surface area (Å²) in [4.78, 5) is 42.7. The molecule has 4 aromatic rings. The Morgan fingerprint density at radius 1 is 1.29 bits per heavy atom. The van der Waals surface area contributed by atoms with Gasteiger partial charge in [-0.1, -0.05) is 0 Å². The number of thioether (sulfide) groups is 1. The van der Waals surface area contributed by atoms with Crippen LogP contribution in [0.2, 0.25) is 5.22 Å². The zero-order valence-electron chi connectivity index (χ0n) is 18.9. The molecule has 0 radical (unpaired) electrons. The van der Waals surface area contributed by atoms with Gasteiger partial charge in [0.25, 0.3) is 5.56 Å². The summed E-state index contributed by atoms with van der Waals surface area (Å²) in [7, 11) is 3.15. The average Bonchev–Trinajstić information content (AvgIpc) is 3.50. The van der Waals surface area contributed by atoms with Crippen LogP contribution in [-0.2, 0) is 25.4 Å². The van der Waals surface area contributed by atoms with Gasteiger partial charge in [0.2, 0.25) is 5.91 Å². The van der Waals surface area contributed by atoms with Gasteiger partial charge in [-0.15, -0.1) is 23.1 Å². The van der Waals surface area contributed by atoms with Gasteiger partial charge in [0, 0.05) is 50.4 Å². The van der Waals surface area contributed by atoms with Crippen LogP contribution in [0.25, 0.3) is 21.6 Å². The molecule has 4 aromatic heterocycles. The van der Waals surface area contributed by atoms with Gasteiger partial charge in [0.15, 0.2) is 5.22 Å². The standard InChI is InChI=1S/C22H22ClN5O4S2/c1-10-9-33-20(25-10)17-15-16(26(3)22(31)27(4)21(15)30)18-19(13-5-6-14(23)32-13)34-12(8-28(17)18)7-24-11(2)29/h5-6,9,12,19H,7-8H2,1-4H3,(H,24,29)/t12-,19+/m0/s1. The minimum absolute atomic E-state index is 0.0206. The van der Waals surface area contributed by atoms with Crippen LogP contribution in [0.3, 0.4) is 0 Å². The first kappa shape index (κ1) is 23.0. The maximum atomic E-state index is 13.5. The van der Waals surface area contributed by atoms with E-state index in [4.69, 9.17) is 16.0 Å². The molecule has 2 atom stereocenters. The number of hydrogen-bond donors (Lipinski definition) is 1. The Kier molecular flexibility index (Phi) is 5.73. The number of thiazole rings is 1. The molecule has 1 amide bonds. The Balaban J connectivity index is 1.87. The summed E-state index contributed by atoms with van der Waals surface area (Å²) in [6, 6.07) is 3.48. The van der Waals surface area contributed by atoms with Gasteiger partial charge in [0.1, 0.15) is 16.0 Å². The fourth-order valence-corrected chi connectivity index (χ4v) is 6.86. The van der Waals surface area contributed by atoms with Crippen LogP contribution in [0.5, 0.6) is 0 Å². The summed E-state index contributed by atoms with van der Waals surface area (Å²) in [6.07, 6.45) is 0. The quantitative estimate of drug-likeness (QED) is 0.444. The summed E-state index contributed by atoms with van der Waals surface area (Å²) in [6.45, 7) is 4.34. The average molecular weight is 520 g/mol. The molecule has 5 heterocycles. The summed E-state index contributed by atoms with van der Waals surface area (Å²) in [5.74, 6) is 0.492. The summed E-state index contributed by atoms with van der Waals surface area (Å²) >= 11 is 9.17. The minimum Gasteiger partial charge on any atom is -0.448 e. The molecule has 0 saturated heterocycles. The first-order valence-electron chi connectivity index (χ1n) is 10.6. The van der Waals surface area contributed by atoms with Crippen LogP contribution in [0.1, 0.15) is 29.3 Å². The van der Waals surface area contributed by atoms with E-state index in [1.165, 1.54) is 29.9 Å². The SMILES string of the molecule is CC(=O)NC[C@H]1Cn2c(-c3nc(C)cs3)c3c(=O)n(C)c(=O)n(C)c3c2[C@@H](c2ccc(Cl)o2)S1. The highest BCUT2D eigenvalue weighted by Crippen LogP contribution is 2.49. The maximum Gasteiger partial charge on any atom is 0.331 e. The highest BCUT2D eigenvalue weighted by molar-refractivity contribution is 8.00. The van der Waals surface area contributed by atoms with E-state index in [1.807, 2.05) is 12.3 Å². The van der Waals surface area contributed by atoms with Crippen molar-refractivity contribution in [3.8, 4) is 10.7 Å². The van der Waals surface area contributed by atoms with Crippen LogP contribution in [-0.4, -0.2) is 36.4 Å². The van der Waals surface area contributed by atoms with Crippen molar-refractivity contribution in [3.63, 3.8) is 0 Å². The number of hydrogen-bond acceptors (Lipinski definition) is 7. The number of aryl methyl sites for hydroxylation is 2. The molecule has 0 unspecified atom stereocenters. The van der Waals surface area contributed by atoms with Crippen molar-refractivity contribution in [1.29, 1.82) is 0 Å². The zero-order chi connectivity index (χ0) is 24.3. The maximum absolute atomic E-state index is 13.5. The Labute approximate surface area is 207 Å². The van der Waals surface area contributed by atoms with Crippen LogP contribution in [0.4, 0.5) is 0 Å². The van der Waals surface area contributed by atoms with E-state index < -0.39 is 5.69 Å². The number of nitrogens with zero attached hydrogens (tertiary/aromatic N) is 4. The number of furan rings is 1. The molecule has 0 spiro atoms. The Hall–Kier alpha value is -2.76. The molecule has 9 nitrogen and oxygen atoms in total. The van der Waals surface area contributed by atoms with E-state index >= 15 is 0 Å². The Morgan fingerprint density at radius 3 is 2.68 bits per heavy atom. The lowest BCUT2D eigenvalue weighted by Crippen LogP contribution is -2.37. The molecule has 0 bridgehead atoms. The number of aromatic nitrogens is 4. The summed E-state index contributed by atoms with van der Waals surface area (Å²) in [5.41, 5.74) is 2.08. The first-order chi connectivity index (χ1) is 16.2. The van der Waals surface area contributed by atoms with Crippen molar-refractivity contribution < 1.29 is 9.21 Å². The largest absolute Gasteiger partial charge is 0.448 e. The zero-order valence-corrected chi connectivity index (χ0v) is 21.3. The fraction of sp³-hybridized carbons (Fsp3) is 0.364. The van der Waals surface area contributed by atoms with Crippen molar-refractivity contribution >= 4 is 51.5 Å². The molecule has 0 aliphatic carbocycles. The summed E-state index contributed by atoms with van der Waals surface area (Å²) < 4.78 is 10.5. The third-order valence-electron chi connectivity index (χ3n) is 5.92. The van der Waals surface area contributed by atoms with Gasteiger partial charge in [-0.05, 0) is 30.7 Å². The molecular formula is C22H22ClN5O4S2. The highest BCUT2D eigenvalue weighted by Gasteiger charge is 2.38. The van der Waals surface area contributed by atoms with E-state index in [-0.39, 0.29) is 27.2 Å². The summed E-state index contributed by atoms with van der Waals surface area (Å²) in [5, 5.41) is 5.85. The lowest BCUT2D eigenvalue weighted by molar-refractivity contribution is -0.118. The first-order valence-corrected chi connectivity index (χ1v) is 12.8. The fourth-order valence-electron chi connectivity index (χ4n) is 4.43. The van der Waals surface area contributed by atoms with Crippen molar-refractivity contribution in [3.05, 3.63) is 60.7 Å². The Bertz CT molecular complexity index is 1560. The number of fused-ring (bicyclic) bond motifs is 3. The second-order valence-electron chi connectivity index (χ2n) is 8.28. The monoisotopic (exact) mass is 519 g/mol. The predicted octanol–water partition coefficient (Wildman–Crippen LogP) is 3.06. The smallest absolute Gasteiger partial charge is 0.331 e. The van der Waals surface area contributed by atoms with Gasteiger partial charge < -0.3 is 14.3 Å². The van der Waals surface area contributed by atoms with E-state index in [2.05, 4.69) is 14.9 Å². The van der Waals surface area contributed by atoms with E-state index in [9.17, 15) is 14.4 Å². The topological polar surface area (TPSA) is 104 Å². The molecule has 178 valence electrons. The number of carbonyl (C=O) groups is 1. The van der Waals surface area contributed by atoms with E-state index in [0.29, 0.717) is 40.5 Å². The molecule has 1 N–H and O–H groups in total. The van der Waals surface area contributed by atoms with Crippen LogP contribution >= 0.6 is 34.7 Å². The molecule has 5 rings (SSSR count). The van der Waals surface area contributed by atoms with Crippen LogP contribution in [0.15, 0.2) is 31.5 Å². The van der Waals surface area contributed by atoms with Crippen molar-refractivity contribution in [2.75, 3.05) is 6.54 Å². The molecule has 0 fully saturated rings. The van der Waals surface area contributed by atoms with Gasteiger partial charge in [-0.25, -0.2) is 9.78 Å². The number of halogens is 1. The van der Waals surface area contributed by atoms with Gasteiger partial charge in [-0.3, -0.25) is 18.7 Å². The molecule has 1 aliphatic rings. The molecule has 0 saturated carbocycles.